The Kier molecular flexibility index (Phi) is 7.21. The molecule has 0 aliphatic rings. The molecule has 0 amide bonds. The van der Waals surface area contributed by atoms with E-state index < -0.39 is 0 Å². The Labute approximate surface area is 176 Å². The first-order chi connectivity index (χ1) is 12.4. The van der Waals surface area contributed by atoms with E-state index in [0.717, 1.165) is 28.9 Å². The highest BCUT2D eigenvalue weighted by Crippen LogP contribution is 2.32. The summed E-state index contributed by atoms with van der Waals surface area (Å²) in [4.78, 5) is 4.57. The summed E-state index contributed by atoms with van der Waals surface area (Å²) < 4.78 is 8.39. The molecule has 144 valence electrons. The molecule has 0 bridgehead atoms. The van der Waals surface area contributed by atoms with Crippen LogP contribution in [0.2, 0.25) is 10.0 Å². The predicted molar refractivity (Wildman–Crippen MR) is 117 cm³/mol. The number of hydrogen-bond acceptors (Lipinski definition) is 2. The third-order valence-electron chi connectivity index (χ3n) is 4.54. The minimum atomic E-state index is 0. The molecular formula is C21H23Cl3N2O. The molecule has 3 rings (SSSR count). The van der Waals surface area contributed by atoms with Crippen LogP contribution in [0, 0.1) is 13.8 Å². The number of aryl methyl sites for hydroxylation is 1. The smallest absolute Gasteiger partial charge is 0.147 e. The summed E-state index contributed by atoms with van der Waals surface area (Å²) in [5.74, 6) is 0.805. The number of aromatic nitrogens is 2. The van der Waals surface area contributed by atoms with Gasteiger partial charge in [0.25, 0.3) is 0 Å². The third kappa shape index (κ3) is 4.60. The highest BCUT2D eigenvalue weighted by molar-refractivity contribution is 6.35. The van der Waals surface area contributed by atoms with Crippen LogP contribution < -0.4 is 4.74 Å². The molecule has 0 aliphatic carbocycles. The number of nitrogens with zero attached hydrogens (tertiary/aromatic N) is 2. The number of pyridine rings is 1. The zero-order chi connectivity index (χ0) is 18.8. The van der Waals surface area contributed by atoms with Crippen LogP contribution in [0.3, 0.4) is 0 Å². The number of allylic oxidation sites excluding steroid dienone is 2. The van der Waals surface area contributed by atoms with E-state index in [2.05, 4.69) is 43.3 Å². The second-order valence-electron chi connectivity index (χ2n) is 6.63. The second-order valence-corrected chi connectivity index (χ2v) is 7.48. The van der Waals surface area contributed by atoms with E-state index in [1.807, 2.05) is 18.2 Å². The van der Waals surface area contributed by atoms with E-state index in [9.17, 15) is 0 Å². The van der Waals surface area contributed by atoms with Gasteiger partial charge in [-0.2, -0.15) is 0 Å². The Balaban J connectivity index is 0.00000261. The van der Waals surface area contributed by atoms with Gasteiger partial charge < -0.3 is 9.30 Å². The van der Waals surface area contributed by atoms with Gasteiger partial charge in [0, 0.05) is 40.1 Å². The Hall–Kier alpha value is -1.68. The van der Waals surface area contributed by atoms with E-state index in [4.69, 9.17) is 27.9 Å². The van der Waals surface area contributed by atoms with Gasteiger partial charge in [0.05, 0.1) is 5.52 Å². The summed E-state index contributed by atoms with van der Waals surface area (Å²) in [5.41, 5.74) is 6.55. The Morgan fingerprint density at radius 1 is 1.19 bits per heavy atom. The van der Waals surface area contributed by atoms with Crippen molar-refractivity contribution in [2.24, 2.45) is 0 Å². The Bertz CT molecular complexity index is 989. The molecule has 0 saturated carbocycles. The lowest BCUT2D eigenvalue weighted by Crippen LogP contribution is -2.02. The van der Waals surface area contributed by atoms with E-state index in [1.165, 1.54) is 16.8 Å². The van der Waals surface area contributed by atoms with Gasteiger partial charge in [-0.15, -0.1) is 12.4 Å². The van der Waals surface area contributed by atoms with Crippen molar-refractivity contribution >= 4 is 46.6 Å². The average molecular weight is 426 g/mol. The average Bonchev–Trinajstić information content (AvgIpc) is 2.84. The van der Waals surface area contributed by atoms with Crippen molar-refractivity contribution in [3.8, 4) is 5.75 Å². The molecule has 0 radical (unpaired) electrons. The number of fused-ring (bicyclic) bond motifs is 1. The molecule has 2 aromatic heterocycles. The molecule has 0 aliphatic heterocycles. The van der Waals surface area contributed by atoms with Crippen LogP contribution in [0.4, 0.5) is 0 Å². The quantitative estimate of drug-likeness (QED) is 0.414. The van der Waals surface area contributed by atoms with Gasteiger partial charge >= 0.3 is 0 Å². The second kappa shape index (κ2) is 9.01. The molecular weight excluding hydrogens is 403 g/mol. The summed E-state index contributed by atoms with van der Waals surface area (Å²) in [5, 5.41) is 1.22. The number of ether oxygens (including phenoxy) is 1. The SMILES string of the molecule is CC(C)=CCn1c(C)c(C)c2nccc(OCc3ccc(Cl)cc3Cl)c21.Cl. The number of benzene rings is 1. The van der Waals surface area contributed by atoms with E-state index in [1.54, 1.807) is 12.3 Å². The highest BCUT2D eigenvalue weighted by Gasteiger charge is 2.16. The lowest BCUT2D eigenvalue weighted by Gasteiger charge is -2.12. The molecule has 2 heterocycles. The Morgan fingerprint density at radius 3 is 2.59 bits per heavy atom. The molecule has 0 saturated heterocycles. The van der Waals surface area contributed by atoms with Crippen LogP contribution in [0.15, 0.2) is 42.1 Å². The van der Waals surface area contributed by atoms with Gasteiger partial charge in [0.15, 0.2) is 0 Å². The number of hydrogen-bond donors (Lipinski definition) is 0. The maximum absolute atomic E-state index is 6.27. The van der Waals surface area contributed by atoms with Crippen LogP contribution in [-0.2, 0) is 13.2 Å². The van der Waals surface area contributed by atoms with Gasteiger partial charge in [0.1, 0.15) is 17.9 Å². The lowest BCUT2D eigenvalue weighted by molar-refractivity contribution is 0.308. The number of rotatable bonds is 5. The van der Waals surface area contributed by atoms with Crippen LogP contribution in [0.1, 0.15) is 30.7 Å². The lowest BCUT2D eigenvalue weighted by atomic mass is 10.2. The molecule has 0 atom stereocenters. The topological polar surface area (TPSA) is 27.1 Å². The summed E-state index contributed by atoms with van der Waals surface area (Å²) in [6.07, 6.45) is 4.00. The monoisotopic (exact) mass is 424 g/mol. The molecule has 0 unspecified atom stereocenters. The van der Waals surface area contributed by atoms with Crippen LogP contribution in [0.5, 0.6) is 5.75 Å². The van der Waals surface area contributed by atoms with Gasteiger partial charge in [-0.1, -0.05) is 40.9 Å². The van der Waals surface area contributed by atoms with Crippen LogP contribution in [-0.4, -0.2) is 9.55 Å². The van der Waals surface area contributed by atoms with Crippen molar-refractivity contribution in [2.75, 3.05) is 0 Å². The minimum absolute atomic E-state index is 0. The molecule has 1 aromatic carbocycles. The third-order valence-corrected chi connectivity index (χ3v) is 5.13. The van der Waals surface area contributed by atoms with E-state index in [0.29, 0.717) is 16.7 Å². The van der Waals surface area contributed by atoms with Gasteiger partial charge in [0.2, 0.25) is 0 Å². The Morgan fingerprint density at radius 2 is 1.93 bits per heavy atom. The first-order valence-corrected chi connectivity index (χ1v) is 9.28. The van der Waals surface area contributed by atoms with E-state index in [-0.39, 0.29) is 12.4 Å². The normalized spacial score (nSPS) is 10.6. The minimum Gasteiger partial charge on any atom is -0.487 e. The largest absolute Gasteiger partial charge is 0.487 e. The molecule has 3 nitrogen and oxygen atoms in total. The van der Waals surface area contributed by atoms with Crippen molar-refractivity contribution < 1.29 is 4.74 Å². The predicted octanol–water partition coefficient (Wildman–Crippen LogP) is 6.93. The van der Waals surface area contributed by atoms with E-state index >= 15 is 0 Å². The number of halogens is 3. The zero-order valence-electron chi connectivity index (χ0n) is 15.8. The van der Waals surface area contributed by atoms with Gasteiger partial charge in [-0.05, 0) is 45.4 Å². The van der Waals surface area contributed by atoms with Crippen molar-refractivity contribution in [1.82, 2.24) is 9.55 Å². The van der Waals surface area contributed by atoms with Crippen molar-refractivity contribution in [1.29, 1.82) is 0 Å². The van der Waals surface area contributed by atoms with Crippen LogP contribution in [0.25, 0.3) is 11.0 Å². The van der Waals surface area contributed by atoms with Gasteiger partial charge in [-0.3, -0.25) is 4.98 Å². The summed E-state index contributed by atoms with van der Waals surface area (Å²) in [6.45, 7) is 9.60. The first kappa shape index (κ1) is 21.6. The highest BCUT2D eigenvalue weighted by atomic mass is 35.5. The molecule has 6 heteroatoms. The molecule has 0 spiro atoms. The maximum Gasteiger partial charge on any atom is 0.147 e. The molecule has 27 heavy (non-hydrogen) atoms. The van der Waals surface area contributed by atoms with Crippen molar-refractivity contribution in [3.63, 3.8) is 0 Å². The fourth-order valence-corrected chi connectivity index (χ4v) is 3.39. The maximum atomic E-state index is 6.27. The summed E-state index contributed by atoms with van der Waals surface area (Å²) >= 11 is 12.2. The standard InChI is InChI=1S/C21H22Cl2N2O.ClH/c1-13(2)8-10-25-15(4)14(3)20-21(25)19(7-9-24-20)26-12-16-5-6-17(22)11-18(16)23;/h5-9,11H,10,12H2,1-4H3;1H. The molecule has 0 fully saturated rings. The van der Waals surface area contributed by atoms with Crippen LogP contribution >= 0.6 is 35.6 Å². The van der Waals surface area contributed by atoms with Crippen molar-refractivity contribution in [2.45, 2.75) is 40.8 Å². The first-order valence-electron chi connectivity index (χ1n) is 8.53. The van der Waals surface area contributed by atoms with Crippen molar-refractivity contribution in [3.05, 3.63) is 69.0 Å². The summed E-state index contributed by atoms with van der Waals surface area (Å²) in [6, 6.07) is 7.35. The molecule has 3 aromatic rings. The van der Waals surface area contributed by atoms with Gasteiger partial charge in [-0.25, -0.2) is 0 Å². The molecule has 0 N–H and O–H groups in total. The summed E-state index contributed by atoms with van der Waals surface area (Å²) in [7, 11) is 0. The fourth-order valence-electron chi connectivity index (χ4n) is 2.93. The zero-order valence-corrected chi connectivity index (χ0v) is 18.2. The fraction of sp³-hybridized carbons (Fsp3) is 0.286.